The van der Waals surface area contributed by atoms with Crippen LogP contribution in [-0.2, 0) is 23.8 Å². The monoisotopic (exact) mass is 535 g/mol. The molecule has 1 aliphatic carbocycles. The first-order chi connectivity index (χ1) is 16.7. The molecule has 1 aliphatic rings. The van der Waals surface area contributed by atoms with E-state index in [-0.39, 0.29) is 22.2 Å². The van der Waals surface area contributed by atoms with E-state index in [1.807, 2.05) is 0 Å². The number of anilines is 1. The Morgan fingerprint density at radius 3 is 2.63 bits per heavy atom. The van der Waals surface area contributed by atoms with Crippen molar-refractivity contribution in [2.24, 2.45) is 0 Å². The molecule has 0 aliphatic heterocycles. The minimum atomic E-state index is -4.60. The van der Waals surface area contributed by atoms with Gasteiger partial charge in [-0.25, -0.2) is 4.98 Å². The van der Waals surface area contributed by atoms with E-state index in [9.17, 15) is 22.8 Å². The summed E-state index contributed by atoms with van der Waals surface area (Å²) in [6, 6.07) is 11.5. The molecule has 2 aromatic carbocycles. The van der Waals surface area contributed by atoms with E-state index in [4.69, 9.17) is 11.6 Å². The van der Waals surface area contributed by atoms with Gasteiger partial charge in [-0.3, -0.25) is 14.2 Å². The fourth-order valence-electron chi connectivity index (χ4n) is 4.10. The normalized spacial score (nSPS) is 13.3. The van der Waals surface area contributed by atoms with E-state index >= 15 is 0 Å². The molecule has 35 heavy (non-hydrogen) atoms. The Hall–Kier alpha value is -2.82. The van der Waals surface area contributed by atoms with Gasteiger partial charge in [-0.1, -0.05) is 35.5 Å². The lowest BCUT2D eigenvalue weighted by Gasteiger charge is -2.14. The van der Waals surface area contributed by atoms with Crippen molar-refractivity contribution in [1.29, 1.82) is 0 Å². The zero-order valence-electron chi connectivity index (χ0n) is 18.0. The molecule has 0 spiro atoms. The SMILES string of the molecule is O=C(CSc1nc2sc3c(c2c(=O)n1-c1ccc(Cl)cc1)CCC3)Nc1ccccc1C(F)(F)F. The molecule has 0 radical (unpaired) electrons. The zero-order chi connectivity index (χ0) is 24.7. The number of carbonyl (C=O) groups is 1. The van der Waals surface area contributed by atoms with Crippen LogP contribution in [0.2, 0.25) is 5.02 Å². The van der Waals surface area contributed by atoms with Crippen molar-refractivity contribution in [2.75, 3.05) is 11.1 Å². The fraction of sp³-hybridized carbons (Fsp3) is 0.208. The van der Waals surface area contributed by atoms with E-state index in [0.717, 1.165) is 47.5 Å². The van der Waals surface area contributed by atoms with Gasteiger partial charge in [0.25, 0.3) is 5.56 Å². The lowest BCUT2D eigenvalue weighted by molar-refractivity contribution is -0.137. The van der Waals surface area contributed by atoms with Gasteiger partial charge in [-0.15, -0.1) is 11.3 Å². The summed E-state index contributed by atoms with van der Waals surface area (Å²) < 4.78 is 41.2. The minimum absolute atomic E-state index is 0.233. The fourth-order valence-corrected chi connectivity index (χ4v) is 6.34. The van der Waals surface area contributed by atoms with Gasteiger partial charge >= 0.3 is 6.18 Å². The van der Waals surface area contributed by atoms with Gasteiger partial charge in [0.1, 0.15) is 4.83 Å². The topological polar surface area (TPSA) is 64.0 Å². The number of carbonyl (C=O) groups excluding carboxylic acids is 1. The summed E-state index contributed by atoms with van der Waals surface area (Å²) in [5.41, 5.74) is 0.0882. The number of hydrogen-bond donors (Lipinski definition) is 1. The lowest BCUT2D eigenvalue weighted by Crippen LogP contribution is -2.23. The summed E-state index contributed by atoms with van der Waals surface area (Å²) in [6.45, 7) is 0. The summed E-state index contributed by atoms with van der Waals surface area (Å²) in [7, 11) is 0. The summed E-state index contributed by atoms with van der Waals surface area (Å²) >= 11 is 8.48. The Morgan fingerprint density at radius 2 is 1.89 bits per heavy atom. The number of nitrogens with one attached hydrogen (secondary N) is 1. The predicted molar refractivity (Wildman–Crippen MR) is 133 cm³/mol. The number of aryl methyl sites for hydroxylation is 2. The van der Waals surface area contributed by atoms with Crippen LogP contribution in [-0.4, -0.2) is 21.2 Å². The third-order valence-electron chi connectivity index (χ3n) is 5.63. The maximum Gasteiger partial charge on any atom is 0.418 e. The van der Waals surface area contributed by atoms with Crippen LogP contribution in [0.3, 0.4) is 0 Å². The second-order valence-electron chi connectivity index (χ2n) is 7.93. The molecular weight excluding hydrogens is 519 g/mol. The molecule has 0 fully saturated rings. The van der Waals surface area contributed by atoms with Gasteiger partial charge in [0, 0.05) is 9.90 Å². The van der Waals surface area contributed by atoms with Crippen LogP contribution in [0.25, 0.3) is 15.9 Å². The van der Waals surface area contributed by atoms with Crippen molar-refractivity contribution in [3.8, 4) is 5.69 Å². The van der Waals surface area contributed by atoms with Crippen LogP contribution >= 0.6 is 34.7 Å². The number of hydrogen-bond acceptors (Lipinski definition) is 5. The molecule has 0 bridgehead atoms. The molecule has 0 atom stereocenters. The standard InChI is InChI=1S/C24H17ClF3N3O2S2/c25-13-8-10-14(11-9-13)31-22(33)20-15-4-3-7-18(15)35-21(20)30-23(31)34-12-19(32)29-17-6-2-1-5-16(17)24(26,27)28/h1-2,5-6,8-11H,3-4,7,12H2,(H,29,32). The van der Waals surface area contributed by atoms with E-state index in [2.05, 4.69) is 10.3 Å². The molecular formula is C24H17ClF3N3O2S2. The molecule has 1 amide bonds. The lowest BCUT2D eigenvalue weighted by atomic mass is 10.1. The number of fused-ring (bicyclic) bond motifs is 3. The first-order valence-electron chi connectivity index (χ1n) is 10.6. The molecule has 5 nitrogen and oxygen atoms in total. The second-order valence-corrected chi connectivity index (χ2v) is 10.4. The first-order valence-corrected chi connectivity index (χ1v) is 12.8. The van der Waals surface area contributed by atoms with Crippen LogP contribution in [0.5, 0.6) is 0 Å². The molecule has 0 saturated carbocycles. The molecule has 2 heterocycles. The van der Waals surface area contributed by atoms with Gasteiger partial charge in [0.2, 0.25) is 5.91 Å². The highest BCUT2D eigenvalue weighted by molar-refractivity contribution is 7.99. The second kappa shape index (κ2) is 9.33. The molecule has 2 aromatic heterocycles. The van der Waals surface area contributed by atoms with Crippen molar-refractivity contribution in [3.05, 3.63) is 79.9 Å². The van der Waals surface area contributed by atoms with E-state index in [1.165, 1.54) is 34.1 Å². The van der Waals surface area contributed by atoms with Crippen LogP contribution in [0.1, 0.15) is 22.4 Å². The highest BCUT2D eigenvalue weighted by atomic mass is 35.5. The Bertz CT molecular complexity index is 1500. The van der Waals surface area contributed by atoms with Gasteiger partial charge in [0.15, 0.2) is 5.16 Å². The number of nitrogens with zero attached hydrogens (tertiary/aromatic N) is 2. The molecule has 0 unspecified atom stereocenters. The summed E-state index contributed by atoms with van der Waals surface area (Å²) in [5, 5.41) is 3.70. The zero-order valence-corrected chi connectivity index (χ0v) is 20.4. The summed E-state index contributed by atoms with van der Waals surface area (Å²) in [5.74, 6) is -0.875. The Balaban J connectivity index is 1.49. The number of amides is 1. The molecule has 180 valence electrons. The smallest absolute Gasteiger partial charge is 0.325 e. The number of thiophene rings is 1. The predicted octanol–water partition coefficient (Wildman–Crippen LogP) is 6.34. The third-order valence-corrected chi connectivity index (χ3v) is 8.01. The quantitative estimate of drug-likeness (QED) is 0.239. The highest BCUT2D eigenvalue weighted by Crippen LogP contribution is 2.37. The summed E-state index contributed by atoms with van der Waals surface area (Å²) in [6.07, 6.45) is -1.88. The number of aromatic nitrogens is 2. The molecule has 4 aromatic rings. The largest absolute Gasteiger partial charge is 0.418 e. The first kappa shape index (κ1) is 23.9. The molecule has 11 heteroatoms. The summed E-state index contributed by atoms with van der Waals surface area (Å²) in [4.78, 5) is 32.6. The number of halogens is 4. The Morgan fingerprint density at radius 1 is 1.14 bits per heavy atom. The third kappa shape index (κ3) is 4.70. The molecule has 0 saturated heterocycles. The number of alkyl halides is 3. The average Bonchev–Trinajstić information content (AvgIpc) is 3.39. The van der Waals surface area contributed by atoms with E-state index < -0.39 is 17.6 Å². The molecule has 1 N–H and O–H groups in total. The maximum absolute atomic E-state index is 13.6. The van der Waals surface area contributed by atoms with Crippen LogP contribution < -0.4 is 10.9 Å². The Kier molecular flexibility index (Phi) is 6.37. The van der Waals surface area contributed by atoms with Gasteiger partial charge in [0.05, 0.1) is 28.1 Å². The van der Waals surface area contributed by atoms with Crippen molar-refractivity contribution in [2.45, 2.75) is 30.6 Å². The van der Waals surface area contributed by atoms with Crippen molar-refractivity contribution in [1.82, 2.24) is 9.55 Å². The highest BCUT2D eigenvalue weighted by Gasteiger charge is 2.33. The minimum Gasteiger partial charge on any atom is -0.325 e. The van der Waals surface area contributed by atoms with Crippen molar-refractivity contribution < 1.29 is 18.0 Å². The number of rotatable bonds is 5. The molecule has 5 rings (SSSR count). The van der Waals surface area contributed by atoms with Gasteiger partial charge < -0.3 is 5.32 Å². The maximum atomic E-state index is 13.6. The van der Waals surface area contributed by atoms with Crippen molar-refractivity contribution in [3.63, 3.8) is 0 Å². The number of para-hydroxylation sites is 1. The number of thioether (sulfide) groups is 1. The van der Waals surface area contributed by atoms with Crippen LogP contribution in [0.15, 0.2) is 58.5 Å². The number of benzene rings is 2. The van der Waals surface area contributed by atoms with Crippen LogP contribution in [0, 0.1) is 0 Å². The van der Waals surface area contributed by atoms with Crippen molar-refractivity contribution >= 4 is 56.5 Å². The Labute approximate surface area is 210 Å². The van der Waals surface area contributed by atoms with E-state index in [0.29, 0.717) is 20.9 Å². The van der Waals surface area contributed by atoms with Crippen LogP contribution in [0.4, 0.5) is 18.9 Å². The average molecular weight is 536 g/mol. The van der Waals surface area contributed by atoms with E-state index in [1.54, 1.807) is 24.3 Å². The van der Waals surface area contributed by atoms with Gasteiger partial charge in [-0.05, 0) is 61.2 Å². The van der Waals surface area contributed by atoms with Gasteiger partial charge in [-0.2, -0.15) is 13.2 Å².